The van der Waals surface area contributed by atoms with Crippen LogP contribution >= 0.6 is 94.5 Å². The second-order valence-corrected chi connectivity index (χ2v) is 30.2. The molecule has 4 fully saturated rings. The van der Waals surface area contributed by atoms with Gasteiger partial charge >= 0.3 is 25.6 Å². The second-order valence-electron chi connectivity index (χ2n) is 23.6. The highest BCUT2D eigenvalue weighted by molar-refractivity contribution is 9.11. The average Bonchev–Trinajstić information content (AvgIpc) is 1.49. The first-order valence-corrected chi connectivity index (χ1v) is 36.1. The second kappa shape index (κ2) is 36.4. The lowest BCUT2D eigenvalue weighted by Gasteiger charge is -2.39. The van der Waals surface area contributed by atoms with Gasteiger partial charge < -0.3 is 50.3 Å². The Morgan fingerprint density at radius 2 is 1.14 bits per heavy atom. The summed E-state index contributed by atoms with van der Waals surface area (Å²) in [4.78, 5) is 85.7. The van der Waals surface area contributed by atoms with Crippen LogP contribution in [0.15, 0.2) is 66.7 Å². The lowest BCUT2D eigenvalue weighted by molar-refractivity contribution is -0.145. The Morgan fingerprint density at radius 3 is 1.61 bits per heavy atom. The van der Waals surface area contributed by atoms with Crippen molar-refractivity contribution in [2.75, 3.05) is 65.2 Å². The van der Waals surface area contributed by atoms with Crippen molar-refractivity contribution in [2.24, 2.45) is 29.4 Å². The van der Waals surface area contributed by atoms with E-state index in [0.717, 1.165) is 85.1 Å². The number of aryl methyl sites for hydroxylation is 4. The third-order valence-electron chi connectivity index (χ3n) is 17.9. The van der Waals surface area contributed by atoms with Crippen LogP contribution in [0.25, 0.3) is 0 Å². The highest BCUT2D eigenvalue weighted by atomic mass is 79.9. The SMILES string of the molecule is C.C.C.CCOP(=O)(CCNC(=O)C1CC(CC(=O)N2CCC([C@H]3c4ncc(Br)cc4CCc4cc(Cl)cc(Br)c43)CC2)CCN1C(N)=O)OCC.Clc1cc(Br)c2c(c1)CCc1cc(Br)cnc1[C@@H]2C1CCNCC1.[B]C(=O)N1CCC(CC(=O)O)CC1C(=O)O. The van der Waals surface area contributed by atoms with Crippen LogP contribution in [-0.2, 0) is 58.5 Å². The number of carbonyl (C=O) groups is 6. The van der Waals surface area contributed by atoms with Crippen molar-refractivity contribution in [1.29, 1.82) is 0 Å². The van der Waals surface area contributed by atoms with Gasteiger partial charge in [0.05, 0.1) is 30.8 Å². The molecule has 4 aromatic rings. The molecule has 27 heteroatoms. The molecule has 5 amide bonds. The topological polar surface area (TPSA) is 264 Å². The minimum Gasteiger partial charge on any atom is -0.481 e. The summed E-state index contributed by atoms with van der Waals surface area (Å²) in [5.41, 5.74) is 15.8. The van der Waals surface area contributed by atoms with Gasteiger partial charge in [-0.25, -0.2) is 9.59 Å². The summed E-state index contributed by atoms with van der Waals surface area (Å²) in [6, 6.07) is 10.1. The van der Waals surface area contributed by atoms with Crippen molar-refractivity contribution in [3.63, 3.8) is 0 Å². The maximum Gasteiger partial charge on any atom is 0.332 e. The number of hydrogen-bond acceptors (Lipinski definition) is 12. The van der Waals surface area contributed by atoms with Gasteiger partial charge in [0.1, 0.15) is 12.1 Å². The first-order chi connectivity index (χ1) is 42.5. The summed E-state index contributed by atoms with van der Waals surface area (Å²) in [5.74, 6) is -2.18. The number of aliphatic carboxylic acids is 2. The number of halogens is 6. The number of likely N-dealkylation sites (tertiary alicyclic amines) is 3. The maximum absolute atomic E-state index is 13.6. The Hall–Kier alpha value is -3.97. The Bertz CT molecular complexity index is 3280. The molecule has 92 heavy (non-hydrogen) atoms. The van der Waals surface area contributed by atoms with Crippen LogP contribution in [-0.4, -0.2) is 156 Å². The minimum atomic E-state index is -3.33. The van der Waals surface area contributed by atoms with Gasteiger partial charge in [0.2, 0.25) is 19.7 Å². The molecular weight excluding hydrogens is 1500 g/mol. The molecular formula is C65H88BBr4Cl2N8O11P. The first kappa shape index (κ1) is 78.7. The molecule has 0 spiro atoms. The number of carboxylic acids is 2. The van der Waals surface area contributed by atoms with Crippen LogP contribution in [0.5, 0.6) is 0 Å². The van der Waals surface area contributed by atoms with Gasteiger partial charge in [-0.05, 0) is 229 Å². The number of nitrogens with one attached hydrogen (secondary N) is 2. The van der Waals surface area contributed by atoms with E-state index in [9.17, 15) is 33.3 Å². The summed E-state index contributed by atoms with van der Waals surface area (Å²) in [7, 11) is 1.71. The van der Waals surface area contributed by atoms with Crippen molar-refractivity contribution in [2.45, 2.75) is 150 Å². The highest BCUT2D eigenvalue weighted by Crippen LogP contribution is 2.49. The van der Waals surface area contributed by atoms with E-state index in [4.69, 9.17) is 66.0 Å². The number of urea groups is 1. The van der Waals surface area contributed by atoms with E-state index in [1.807, 2.05) is 29.4 Å². The molecule has 19 nitrogen and oxygen atoms in total. The monoisotopic (exact) mass is 1580 g/mol. The quantitative estimate of drug-likeness (QED) is 0.0548. The van der Waals surface area contributed by atoms with E-state index in [1.54, 1.807) is 13.8 Å². The number of hydrogen-bond donors (Lipinski definition) is 5. The summed E-state index contributed by atoms with van der Waals surface area (Å²) >= 11 is 27.6. The van der Waals surface area contributed by atoms with Gasteiger partial charge in [0, 0.05) is 97.7 Å². The van der Waals surface area contributed by atoms with E-state index in [0.29, 0.717) is 61.5 Å². The molecule has 2 aliphatic carbocycles. The van der Waals surface area contributed by atoms with E-state index in [-0.39, 0.29) is 97.8 Å². The number of nitrogens with two attached hydrogens (primary N) is 1. The largest absolute Gasteiger partial charge is 0.481 e. The molecule has 2 radical (unpaired) electrons. The van der Waals surface area contributed by atoms with Crippen molar-refractivity contribution in [3.05, 3.63) is 121 Å². The van der Waals surface area contributed by atoms with Gasteiger partial charge in [0.25, 0.3) is 0 Å². The van der Waals surface area contributed by atoms with E-state index in [1.165, 1.54) is 56.8 Å². The van der Waals surface area contributed by atoms with Crippen LogP contribution in [0.3, 0.4) is 0 Å². The molecule has 6 N–H and O–H groups in total. The molecule has 6 heterocycles. The zero-order valence-electron chi connectivity index (χ0n) is 49.9. The fraction of sp³-hybridized carbons (Fsp3) is 0.569. The molecule has 4 aliphatic heterocycles. The molecule has 0 bridgehead atoms. The Morgan fingerprint density at radius 1 is 0.674 bits per heavy atom. The summed E-state index contributed by atoms with van der Waals surface area (Å²) in [6.07, 6.45) is 13.4. The van der Waals surface area contributed by atoms with E-state index in [2.05, 4.69) is 98.6 Å². The minimum absolute atomic E-state index is 0. The summed E-state index contributed by atoms with van der Waals surface area (Å²) < 4.78 is 27.6. The van der Waals surface area contributed by atoms with Crippen LogP contribution in [0, 0.1) is 23.7 Å². The van der Waals surface area contributed by atoms with Crippen LogP contribution in [0.4, 0.5) is 9.59 Å². The zero-order chi connectivity index (χ0) is 64.3. The zero-order valence-corrected chi connectivity index (χ0v) is 58.6. The van der Waals surface area contributed by atoms with Crippen LogP contribution in [0.1, 0.15) is 157 Å². The maximum atomic E-state index is 13.6. The number of fused-ring (bicyclic) bond motifs is 4. The summed E-state index contributed by atoms with van der Waals surface area (Å²) in [5, 5.41) is 25.3. The fourth-order valence-corrected chi connectivity index (χ4v) is 18.3. The predicted molar refractivity (Wildman–Crippen MR) is 376 cm³/mol. The van der Waals surface area contributed by atoms with E-state index >= 15 is 0 Å². The van der Waals surface area contributed by atoms with Gasteiger partial charge in [-0.15, -0.1) is 0 Å². The van der Waals surface area contributed by atoms with Crippen molar-refractivity contribution < 1.29 is 52.6 Å². The molecule has 4 saturated heterocycles. The summed E-state index contributed by atoms with van der Waals surface area (Å²) in [6.45, 7) is 7.89. The molecule has 4 unspecified atom stereocenters. The number of benzene rings is 2. The molecule has 2 aromatic carbocycles. The lowest BCUT2D eigenvalue weighted by atomic mass is 9.76. The molecule has 6 aliphatic rings. The number of rotatable bonds is 15. The number of piperidine rings is 4. The molecule has 2 aromatic heterocycles. The Balaban J connectivity index is 0.000000294. The van der Waals surface area contributed by atoms with Crippen LogP contribution in [0.2, 0.25) is 10.0 Å². The Labute approximate surface area is 587 Å². The number of amides is 5. The molecule has 504 valence electrons. The lowest BCUT2D eigenvalue weighted by Crippen LogP contribution is -2.55. The first-order valence-electron chi connectivity index (χ1n) is 30.4. The number of carboxylic acid groups (broad SMARTS) is 2. The third-order valence-corrected chi connectivity index (χ3v) is 22.6. The molecule has 0 saturated carbocycles. The van der Waals surface area contributed by atoms with E-state index < -0.39 is 49.4 Å². The Kier molecular flexibility index (Phi) is 31.2. The molecule has 6 atom stereocenters. The standard InChI is InChI=1S/C34H45Br2ClN5O6P.C19H19Br2ClN2.C9H12BNO5.3CH4/c1-3-47-49(46,48-4-2)14-10-39-33(44)28-15-21(7-13-42(28)34(38)45)16-29(43)41-11-8-22(9-12-41)31-30-23(18-26(37)19-27(30)36)5-6-24-17-25(35)20-40-32(24)31;20-14-7-13-2-1-12-8-15(22)9-16(21)17(12)18(19(13)24-10-14)11-3-5-23-6-4-11;10-9(16)11-2-1-5(4-7(12)13)3-6(11)8(14)15;;;/h17-22,28,31H,3-16H2,1-2H3,(H2,38,45)(H,39,44);7-11,18,23H,1-6H2;5-6H,1-4H2,(H,12,13)(H,14,15);3*1H4/t21?,28?,31-;18-;;;;/m11..../s1. The van der Waals surface area contributed by atoms with Gasteiger partial charge in [-0.2, -0.15) is 0 Å². The van der Waals surface area contributed by atoms with Gasteiger partial charge in [-0.1, -0.05) is 77.3 Å². The number of pyridine rings is 2. The number of nitrogens with zero attached hydrogens (tertiary/aromatic N) is 5. The van der Waals surface area contributed by atoms with Gasteiger partial charge in [0.15, 0.2) is 5.81 Å². The third kappa shape index (κ3) is 20.3. The smallest absolute Gasteiger partial charge is 0.332 e. The van der Waals surface area contributed by atoms with Crippen LogP contribution < -0.4 is 16.4 Å². The number of primary amides is 1. The predicted octanol–water partition coefficient (Wildman–Crippen LogP) is 14.0. The highest BCUT2D eigenvalue weighted by Gasteiger charge is 2.41. The number of aromatic nitrogens is 2. The fourth-order valence-electron chi connectivity index (χ4n) is 13.8. The molecule has 10 rings (SSSR count). The number of carbonyl (C=O) groups excluding carboxylic acids is 4. The van der Waals surface area contributed by atoms with Crippen molar-refractivity contribution in [3.8, 4) is 0 Å². The normalized spacial score (nSPS) is 21.3. The van der Waals surface area contributed by atoms with Crippen molar-refractivity contribution in [1.82, 2.24) is 35.3 Å². The average molecular weight is 1590 g/mol. The van der Waals surface area contributed by atoms with Crippen molar-refractivity contribution >= 4 is 138 Å². The van der Waals surface area contributed by atoms with Gasteiger partial charge in [-0.3, -0.25) is 33.7 Å².